The number of oxazole rings is 1. The van der Waals surface area contributed by atoms with E-state index in [1.165, 1.54) is 17.7 Å². The number of aromatic nitrogens is 1. The Bertz CT molecular complexity index is 717. The summed E-state index contributed by atoms with van der Waals surface area (Å²) >= 11 is 1.35. The van der Waals surface area contributed by atoms with Crippen molar-refractivity contribution in [3.63, 3.8) is 0 Å². The maximum absolute atomic E-state index is 12.2. The highest BCUT2D eigenvalue weighted by Gasteiger charge is 2.27. The Morgan fingerprint density at radius 1 is 1.38 bits per heavy atom. The zero-order valence-corrected chi connectivity index (χ0v) is 12.2. The van der Waals surface area contributed by atoms with Gasteiger partial charge in [0.1, 0.15) is 5.00 Å². The quantitative estimate of drug-likeness (QED) is 0.909. The van der Waals surface area contributed by atoms with E-state index in [0.717, 1.165) is 36.1 Å². The monoisotopic (exact) mass is 306 g/mol. The number of carboxylic acid groups (broad SMARTS) is 1. The zero-order chi connectivity index (χ0) is 15.0. The van der Waals surface area contributed by atoms with Crippen LogP contribution in [0.25, 0.3) is 0 Å². The van der Waals surface area contributed by atoms with Crippen LogP contribution in [0.2, 0.25) is 0 Å². The van der Waals surface area contributed by atoms with Crippen molar-refractivity contribution in [2.45, 2.75) is 32.6 Å². The number of hydrogen-bond donors (Lipinski definition) is 2. The van der Waals surface area contributed by atoms with E-state index < -0.39 is 11.9 Å². The van der Waals surface area contributed by atoms with Gasteiger partial charge in [-0.1, -0.05) is 0 Å². The Balaban J connectivity index is 1.95. The van der Waals surface area contributed by atoms with Crippen LogP contribution in [0.5, 0.6) is 0 Å². The van der Waals surface area contributed by atoms with E-state index in [2.05, 4.69) is 10.3 Å². The normalized spacial score (nSPS) is 13.8. The van der Waals surface area contributed by atoms with Gasteiger partial charge in [0.2, 0.25) is 5.76 Å². The van der Waals surface area contributed by atoms with E-state index in [1.54, 1.807) is 6.92 Å². The molecule has 3 rings (SSSR count). The Labute approximate surface area is 124 Å². The largest absolute Gasteiger partial charge is 0.478 e. The molecule has 6 nitrogen and oxygen atoms in total. The Morgan fingerprint density at radius 3 is 2.81 bits per heavy atom. The SMILES string of the molecule is Cc1ncoc1C(=O)Nc1sc2c(c1C(=O)O)CCCC2. The number of rotatable bonds is 3. The van der Waals surface area contributed by atoms with Gasteiger partial charge < -0.3 is 14.8 Å². The van der Waals surface area contributed by atoms with Crippen LogP contribution in [0.4, 0.5) is 5.00 Å². The van der Waals surface area contributed by atoms with Gasteiger partial charge in [0, 0.05) is 4.88 Å². The number of carbonyl (C=O) groups excluding carboxylic acids is 1. The first-order chi connectivity index (χ1) is 10.1. The van der Waals surface area contributed by atoms with Crippen molar-refractivity contribution in [1.82, 2.24) is 4.98 Å². The van der Waals surface area contributed by atoms with E-state index in [0.29, 0.717) is 10.7 Å². The van der Waals surface area contributed by atoms with Gasteiger partial charge in [-0.3, -0.25) is 4.79 Å². The van der Waals surface area contributed by atoms with E-state index in [9.17, 15) is 14.7 Å². The number of aromatic carboxylic acids is 1. The number of carboxylic acids is 1. The summed E-state index contributed by atoms with van der Waals surface area (Å²) in [4.78, 5) is 28.6. The molecule has 0 aromatic carbocycles. The standard InChI is InChI=1S/C14H14N2O4S/c1-7-11(20-6-15-7)12(17)16-13-10(14(18)19)8-4-2-3-5-9(8)21-13/h6H,2-5H2,1H3,(H,16,17)(H,18,19). The number of aryl methyl sites for hydroxylation is 2. The molecule has 1 aliphatic carbocycles. The van der Waals surface area contributed by atoms with Crippen molar-refractivity contribution in [1.29, 1.82) is 0 Å². The summed E-state index contributed by atoms with van der Waals surface area (Å²) in [5, 5.41) is 12.5. The van der Waals surface area contributed by atoms with E-state index >= 15 is 0 Å². The van der Waals surface area contributed by atoms with Gasteiger partial charge in [-0.2, -0.15) is 0 Å². The minimum Gasteiger partial charge on any atom is -0.478 e. The zero-order valence-electron chi connectivity index (χ0n) is 11.4. The average Bonchev–Trinajstić information content (AvgIpc) is 3.01. The number of fused-ring (bicyclic) bond motifs is 1. The molecule has 0 saturated carbocycles. The summed E-state index contributed by atoms with van der Waals surface area (Å²) in [6.07, 6.45) is 4.86. The fourth-order valence-corrected chi connectivity index (χ4v) is 3.84. The van der Waals surface area contributed by atoms with Crippen molar-refractivity contribution in [3.05, 3.63) is 33.9 Å². The lowest BCUT2D eigenvalue weighted by Crippen LogP contribution is -2.14. The highest BCUT2D eigenvalue weighted by Crippen LogP contribution is 2.38. The maximum Gasteiger partial charge on any atom is 0.339 e. The maximum atomic E-state index is 12.2. The molecule has 0 radical (unpaired) electrons. The van der Waals surface area contributed by atoms with Gasteiger partial charge in [-0.15, -0.1) is 11.3 Å². The number of nitrogens with zero attached hydrogens (tertiary/aromatic N) is 1. The second kappa shape index (κ2) is 5.33. The fourth-order valence-electron chi connectivity index (χ4n) is 2.56. The molecule has 0 bridgehead atoms. The second-order valence-corrected chi connectivity index (χ2v) is 6.05. The third-order valence-corrected chi connectivity index (χ3v) is 4.77. The summed E-state index contributed by atoms with van der Waals surface area (Å²) in [6.45, 7) is 1.66. The second-order valence-electron chi connectivity index (χ2n) is 4.94. The summed E-state index contributed by atoms with van der Waals surface area (Å²) in [7, 11) is 0. The molecule has 1 aliphatic rings. The molecular formula is C14H14N2O4S. The molecule has 110 valence electrons. The average molecular weight is 306 g/mol. The van der Waals surface area contributed by atoms with Gasteiger partial charge in [-0.05, 0) is 38.2 Å². The Kier molecular flexibility index (Phi) is 3.50. The minimum atomic E-state index is -1.00. The molecule has 2 heterocycles. The molecule has 0 spiro atoms. The molecule has 1 amide bonds. The topological polar surface area (TPSA) is 92.4 Å². The first kappa shape index (κ1) is 13.8. The summed E-state index contributed by atoms with van der Waals surface area (Å²) in [5.41, 5.74) is 1.56. The number of thiophene rings is 1. The fraction of sp³-hybridized carbons (Fsp3) is 0.357. The van der Waals surface area contributed by atoms with Gasteiger partial charge in [-0.25, -0.2) is 9.78 Å². The molecule has 0 unspecified atom stereocenters. The van der Waals surface area contributed by atoms with E-state index in [4.69, 9.17) is 4.42 Å². The number of carbonyl (C=O) groups is 2. The third kappa shape index (κ3) is 2.44. The van der Waals surface area contributed by atoms with Crippen molar-refractivity contribution in [3.8, 4) is 0 Å². The molecule has 2 aromatic rings. The molecular weight excluding hydrogens is 292 g/mol. The van der Waals surface area contributed by atoms with Crippen molar-refractivity contribution in [2.24, 2.45) is 0 Å². The first-order valence-corrected chi connectivity index (χ1v) is 7.49. The summed E-state index contributed by atoms with van der Waals surface area (Å²) in [5.74, 6) is -1.36. The van der Waals surface area contributed by atoms with E-state index in [-0.39, 0.29) is 11.3 Å². The van der Waals surface area contributed by atoms with Crippen molar-refractivity contribution < 1.29 is 19.1 Å². The van der Waals surface area contributed by atoms with Crippen LogP contribution in [-0.2, 0) is 12.8 Å². The molecule has 2 N–H and O–H groups in total. The van der Waals surface area contributed by atoms with Crippen LogP contribution < -0.4 is 5.32 Å². The third-order valence-electron chi connectivity index (χ3n) is 3.56. The Morgan fingerprint density at radius 2 is 2.14 bits per heavy atom. The highest BCUT2D eigenvalue weighted by molar-refractivity contribution is 7.17. The van der Waals surface area contributed by atoms with Crippen molar-refractivity contribution >= 4 is 28.2 Å². The molecule has 0 aliphatic heterocycles. The number of nitrogens with one attached hydrogen (secondary N) is 1. The molecule has 0 fully saturated rings. The molecule has 0 saturated heterocycles. The Hall–Kier alpha value is -2.15. The molecule has 0 atom stereocenters. The van der Waals surface area contributed by atoms with Crippen LogP contribution >= 0.6 is 11.3 Å². The number of amides is 1. The van der Waals surface area contributed by atoms with Crippen LogP contribution in [0.3, 0.4) is 0 Å². The smallest absolute Gasteiger partial charge is 0.339 e. The lowest BCUT2D eigenvalue weighted by Gasteiger charge is -2.10. The number of anilines is 1. The first-order valence-electron chi connectivity index (χ1n) is 6.67. The predicted molar refractivity (Wildman–Crippen MR) is 77.1 cm³/mol. The minimum absolute atomic E-state index is 0.109. The molecule has 7 heteroatoms. The molecule has 2 aromatic heterocycles. The van der Waals surface area contributed by atoms with Crippen LogP contribution in [0, 0.1) is 6.92 Å². The van der Waals surface area contributed by atoms with Crippen LogP contribution in [0.1, 0.15) is 49.9 Å². The van der Waals surface area contributed by atoms with Crippen LogP contribution in [0.15, 0.2) is 10.8 Å². The van der Waals surface area contributed by atoms with Crippen molar-refractivity contribution in [2.75, 3.05) is 5.32 Å². The number of hydrogen-bond acceptors (Lipinski definition) is 5. The molecule has 21 heavy (non-hydrogen) atoms. The van der Waals surface area contributed by atoms with Gasteiger partial charge in [0.15, 0.2) is 6.39 Å². The summed E-state index contributed by atoms with van der Waals surface area (Å²) < 4.78 is 5.03. The van der Waals surface area contributed by atoms with Crippen LogP contribution in [-0.4, -0.2) is 22.0 Å². The summed E-state index contributed by atoms with van der Waals surface area (Å²) in [6, 6.07) is 0. The highest BCUT2D eigenvalue weighted by atomic mass is 32.1. The van der Waals surface area contributed by atoms with Gasteiger partial charge in [0.25, 0.3) is 5.91 Å². The van der Waals surface area contributed by atoms with E-state index in [1.807, 2.05) is 0 Å². The predicted octanol–water partition coefficient (Wildman–Crippen LogP) is 2.87. The lowest BCUT2D eigenvalue weighted by molar-refractivity contribution is 0.0697. The van der Waals surface area contributed by atoms with Gasteiger partial charge in [0.05, 0.1) is 11.3 Å². The lowest BCUT2D eigenvalue weighted by atomic mass is 9.95. The van der Waals surface area contributed by atoms with Gasteiger partial charge >= 0.3 is 5.97 Å².